The molecule has 0 unspecified atom stereocenters. The van der Waals surface area contributed by atoms with Gasteiger partial charge in [-0.25, -0.2) is 4.79 Å². The summed E-state index contributed by atoms with van der Waals surface area (Å²) < 4.78 is 16.7. The van der Waals surface area contributed by atoms with E-state index < -0.39 is 95.5 Å². The second kappa shape index (κ2) is 10.4. The highest BCUT2D eigenvalue weighted by Crippen LogP contribution is 2.69. The molecule has 0 bridgehead atoms. The molecule has 4 saturated carbocycles. The van der Waals surface area contributed by atoms with Gasteiger partial charge in [0.05, 0.1) is 47.6 Å². The van der Waals surface area contributed by atoms with E-state index in [9.17, 15) is 45.6 Å². The van der Waals surface area contributed by atoms with Gasteiger partial charge in [-0.2, -0.15) is 0 Å². The highest BCUT2D eigenvalue weighted by Gasteiger charge is 2.74. The summed E-state index contributed by atoms with van der Waals surface area (Å²) in [4.78, 5) is 11.9. The van der Waals surface area contributed by atoms with Gasteiger partial charge >= 0.3 is 5.97 Å². The number of carbonyl (C=O) groups is 1. The molecule has 5 fully saturated rings. The van der Waals surface area contributed by atoms with E-state index in [1.165, 1.54) is 13.0 Å². The van der Waals surface area contributed by atoms with Gasteiger partial charge in [0.25, 0.3) is 0 Å². The van der Waals surface area contributed by atoms with Gasteiger partial charge in [0.15, 0.2) is 6.29 Å². The maximum Gasteiger partial charge on any atom is 0.331 e. The van der Waals surface area contributed by atoms with Gasteiger partial charge in [0.1, 0.15) is 24.9 Å². The average molecular weight is 599 g/mol. The summed E-state index contributed by atoms with van der Waals surface area (Å²) in [7, 11) is 0. The average Bonchev–Trinajstić information content (AvgIpc) is 3.36. The summed E-state index contributed by atoms with van der Waals surface area (Å²) in [6, 6.07) is 0. The van der Waals surface area contributed by atoms with E-state index in [1.54, 1.807) is 0 Å². The van der Waals surface area contributed by atoms with Crippen LogP contribution in [0.1, 0.15) is 65.2 Å². The smallest absolute Gasteiger partial charge is 0.331 e. The second-order valence-electron chi connectivity index (χ2n) is 14.2. The summed E-state index contributed by atoms with van der Waals surface area (Å²) >= 11 is 0. The molecule has 0 aromatic rings. The lowest BCUT2D eigenvalue weighted by molar-refractivity contribution is -0.347. The van der Waals surface area contributed by atoms with Crippen LogP contribution in [-0.2, 0) is 19.0 Å². The van der Waals surface area contributed by atoms with Gasteiger partial charge in [-0.05, 0) is 62.9 Å². The van der Waals surface area contributed by atoms with Gasteiger partial charge in [0, 0.05) is 30.3 Å². The first-order chi connectivity index (χ1) is 19.7. The maximum absolute atomic E-state index is 12.6. The molecule has 42 heavy (non-hydrogen) atoms. The first kappa shape index (κ1) is 30.8. The van der Waals surface area contributed by atoms with Crippen molar-refractivity contribution < 1.29 is 59.9 Å². The molecule has 12 nitrogen and oxygen atoms in total. The van der Waals surface area contributed by atoms with Crippen LogP contribution in [0.4, 0.5) is 0 Å². The molecule has 238 valence electrons. The molecule has 12 heteroatoms. The van der Waals surface area contributed by atoms with Crippen LogP contribution < -0.4 is 0 Å². The van der Waals surface area contributed by atoms with Crippen molar-refractivity contribution in [1.29, 1.82) is 0 Å². The highest BCUT2D eigenvalue weighted by molar-refractivity contribution is 5.85. The van der Waals surface area contributed by atoms with Crippen molar-refractivity contribution in [2.75, 3.05) is 13.2 Å². The Hall–Kier alpha value is -1.19. The zero-order valence-corrected chi connectivity index (χ0v) is 24.2. The molecule has 1 saturated heterocycles. The Morgan fingerprint density at radius 1 is 1.02 bits per heavy atom. The molecule has 0 radical (unpaired) electrons. The Labute approximate surface area is 244 Å². The molecular formula is C30H46O12. The van der Waals surface area contributed by atoms with Crippen molar-refractivity contribution >= 4 is 5.97 Å². The first-order valence-electron chi connectivity index (χ1n) is 15.4. The van der Waals surface area contributed by atoms with Crippen molar-refractivity contribution in [1.82, 2.24) is 0 Å². The van der Waals surface area contributed by atoms with Gasteiger partial charge < -0.3 is 55.1 Å². The maximum atomic E-state index is 12.6. The molecule has 0 amide bonds. The lowest BCUT2D eigenvalue weighted by atomic mass is 9.37. The summed E-state index contributed by atoms with van der Waals surface area (Å²) in [5.74, 6) is -1.95. The first-order valence-corrected chi connectivity index (χ1v) is 15.4. The summed E-state index contributed by atoms with van der Waals surface area (Å²) in [5, 5.41) is 90.1. The number of aliphatic hydroxyl groups is 8. The number of cyclic esters (lactones) is 1. The summed E-state index contributed by atoms with van der Waals surface area (Å²) in [5.41, 5.74) is -4.50. The van der Waals surface area contributed by atoms with Crippen LogP contribution in [0.25, 0.3) is 0 Å². The molecule has 0 aromatic heterocycles. The third kappa shape index (κ3) is 4.14. The summed E-state index contributed by atoms with van der Waals surface area (Å²) in [6.07, 6.45) is -5.81. The number of rotatable bonds is 4. The number of ether oxygens (including phenoxy) is 3. The number of carbonyl (C=O) groups excluding carboxylic acids is 1. The van der Waals surface area contributed by atoms with Crippen LogP contribution in [0.5, 0.6) is 0 Å². The molecule has 6 aliphatic rings. The molecule has 2 heterocycles. The fraction of sp³-hybridized carbons (Fsp3) is 0.900. The lowest BCUT2D eigenvalue weighted by Crippen LogP contribution is -2.77. The minimum absolute atomic E-state index is 0.0369. The monoisotopic (exact) mass is 598 g/mol. The van der Waals surface area contributed by atoms with Crippen molar-refractivity contribution in [3.63, 3.8) is 0 Å². The van der Waals surface area contributed by atoms with Gasteiger partial charge in [-0.15, -0.1) is 0 Å². The molecule has 6 rings (SSSR count). The fourth-order valence-electron chi connectivity index (χ4n) is 10.3. The molecule has 0 spiro atoms. The Kier molecular flexibility index (Phi) is 7.66. The molecular weight excluding hydrogens is 552 g/mol. The van der Waals surface area contributed by atoms with Gasteiger partial charge in [-0.3, -0.25) is 0 Å². The molecule has 0 aromatic carbocycles. The van der Waals surface area contributed by atoms with E-state index >= 15 is 0 Å². The SMILES string of the molecule is C[C@@H]1O[C@@H](O[C@H]2C[C@@H](O)[C@]3(CO)[C@H]4[C@H](O)C[C@]5(C)[C@@H](C6=CC(=O)OC6)CCC[C@]5(O)[C@@H]4CC[C@]3(O)C2)[C@H](O)[C@H](O)[C@H]1O. The quantitative estimate of drug-likeness (QED) is 0.143. The van der Waals surface area contributed by atoms with Crippen molar-refractivity contribution in [3.05, 3.63) is 11.6 Å². The normalized spacial score (nSPS) is 56.1. The number of hydrogen-bond donors (Lipinski definition) is 8. The Balaban J connectivity index is 1.30. The second-order valence-corrected chi connectivity index (χ2v) is 14.2. The van der Waals surface area contributed by atoms with Crippen LogP contribution >= 0.6 is 0 Å². The largest absolute Gasteiger partial charge is 0.458 e. The number of fused-ring (bicyclic) bond motifs is 5. The van der Waals surface area contributed by atoms with Gasteiger partial charge in [0.2, 0.25) is 0 Å². The van der Waals surface area contributed by atoms with E-state index in [0.29, 0.717) is 19.3 Å². The number of aliphatic hydroxyl groups excluding tert-OH is 6. The summed E-state index contributed by atoms with van der Waals surface area (Å²) in [6.45, 7) is 3.03. The number of hydrogen-bond acceptors (Lipinski definition) is 12. The van der Waals surface area contributed by atoms with Crippen LogP contribution in [-0.4, -0.2) is 120 Å². The molecule has 15 atom stereocenters. The Morgan fingerprint density at radius 2 is 1.76 bits per heavy atom. The van der Waals surface area contributed by atoms with E-state index in [2.05, 4.69) is 0 Å². The van der Waals surface area contributed by atoms with Crippen molar-refractivity contribution in [2.45, 2.75) is 125 Å². The standard InChI is InChI=1S/C30H46O12/c1-14-23(35)24(36)25(37)26(41-14)42-16-9-20(33)29(13-31)22-18(5-7-28(29,38)10-16)30(39)6-3-4-17(15-8-21(34)40-12-15)27(30,2)11-19(22)32/h8,14,16-20,22-26,31-33,35-39H,3-7,9-13H2,1-2H3/t14-,16-,17+,18+,19+,20+,22+,23-,24+,25+,26-,27+,28-,29+,30-/m0/s1. The predicted molar refractivity (Wildman–Crippen MR) is 143 cm³/mol. The number of esters is 1. The van der Waals surface area contributed by atoms with Crippen LogP contribution in [0.15, 0.2) is 11.6 Å². The third-order valence-corrected chi connectivity index (χ3v) is 12.4. The minimum Gasteiger partial charge on any atom is -0.458 e. The Morgan fingerprint density at radius 3 is 2.43 bits per heavy atom. The molecule has 4 aliphatic carbocycles. The Bertz CT molecular complexity index is 1100. The topological polar surface area (TPSA) is 207 Å². The van der Waals surface area contributed by atoms with E-state index in [-0.39, 0.29) is 38.2 Å². The van der Waals surface area contributed by atoms with Crippen molar-refractivity contribution in [2.24, 2.45) is 28.6 Å². The van der Waals surface area contributed by atoms with Crippen LogP contribution in [0.2, 0.25) is 0 Å². The minimum atomic E-state index is -1.68. The highest BCUT2D eigenvalue weighted by atomic mass is 16.7. The van der Waals surface area contributed by atoms with Crippen LogP contribution in [0.3, 0.4) is 0 Å². The lowest BCUT2D eigenvalue weighted by Gasteiger charge is -2.70. The van der Waals surface area contributed by atoms with E-state index in [4.69, 9.17) is 14.2 Å². The van der Waals surface area contributed by atoms with Crippen LogP contribution in [0, 0.1) is 28.6 Å². The van der Waals surface area contributed by atoms with E-state index in [0.717, 1.165) is 12.0 Å². The predicted octanol–water partition coefficient (Wildman–Crippen LogP) is -1.12. The zero-order valence-electron chi connectivity index (χ0n) is 24.2. The third-order valence-electron chi connectivity index (χ3n) is 12.4. The van der Waals surface area contributed by atoms with Gasteiger partial charge in [-0.1, -0.05) is 6.92 Å². The molecule has 2 aliphatic heterocycles. The van der Waals surface area contributed by atoms with Crippen molar-refractivity contribution in [3.8, 4) is 0 Å². The zero-order chi connectivity index (χ0) is 30.4. The molecule has 8 N–H and O–H groups in total. The fourth-order valence-corrected chi connectivity index (χ4v) is 10.3. The van der Waals surface area contributed by atoms with E-state index in [1.807, 2.05) is 6.92 Å².